The van der Waals surface area contributed by atoms with Crippen molar-refractivity contribution < 1.29 is 0 Å². The van der Waals surface area contributed by atoms with E-state index < -0.39 is 0 Å². The Hall–Kier alpha value is -1.33. The van der Waals surface area contributed by atoms with Crippen LogP contribution in [0.25, 0.3) is 0 Å². The van der Waals surface area contributed by atoms with Crippen molar-refractivity contribution in [3.05, 3.63) is 35.9 Å². The molecule has 19 heavy (non-hydrogen) atoms. The van der Waals surface area contributed by atoms with Crippen LogP contribution in [0.3, 0.4) is 0 Å². The van der Waals surface area contributed by atoms with E-state index in [2.05, 4.69) is 23.1 Å². The largest absolute Gasteiger partial charge is 0.298 e. The lowest BCUT2D eigenvalue weighted by atomic mass is 9.85. The Labute approximate surface area is 116 Å². The topological polar surface area (TPSA) is 27.0 Å². The van der Waals surface area contributed by atoms with Crippen molar-refractivity contribution in [1.82, 2.24) is 4.90 Å². The molecule has 2 nitrogen and oxygen atoms in total. The fourth-order valence-corrected chi connectivity index (χ4v) is 3.87. The molecule has 0 spiro atoms. The van der Waals surface area contributed by atoms with Crippen molar-refractivity contribution in [2.24, 2.45) is 5.92 Å². The van der Waals surface area contributed by atoms with Crippen LogP contribution >= 0.6 is 0 Å². The van der Waals surface area contributed by atoms with Crippen LogP contribution in [0.15, 0.2) is 30.3 Å². The summed E-state index contributed by atoms with van der Waals surface area (Å²) in [5.41, 5.74) is 1.17. The van der Waals surface area contributed by atoms with Crippen LogP contribution in [0.2, 0.25) is 0 Å². The molecule has 0 radical (unpaired) electrons. The highest BCUT2D eigenvalue weighted by molar-refractivity contribution is 5.25. The van der Waals surface area contributed by atoms with Crippen LogP contribution < -0.4 is 0 Å². The fraction of sp³-hybridized carbons (Fsp3) is 0.588. The zero-order valence-electron chi connectivity index (χ0n) is 11.5. The molecule has 1 aliphatic heterocycles. The van der Waals surface area contributed by atoms with Gasteiger partial charge in [0.1, 0.15) is 0 Å². The van der Waals surface area contributed by atoms with E-state index >= 15 is 0 Å². The minimum absolute atomic E-state index is 0.0295. The van der Waals surface area contributed by atoms with Gasteiger partial charge in [-0.05, 0) is 37.3 Å². The number of rotatable bonds is 3. The van der Waals surface area contributed by atoms with Crippen LogP contribution in [0, 0.1) is 17.2 Å². The second-order valence-electron chi connectivity index (χ2n) is 5.99. The van der Waals surface area contributed by atoms with E-state index in [4.69, 9.17) is 0 Å². The summed E-state index contributed by atoms with van der Waals surface area (Å²) in [4.78, 5) is 2.59. The van der Waals surface area contributed by atoms with Crippen LogP contribution in [-0.2, 0) is 0 Å². The number of likely N-dealkylation sites (tertiary alicyclic amines) is 1. The van der Waals surface area contributed by atoms with Crippen molar-refractivity contribution in [1.29, 1.82) is 5.26 Å². The van der Waals surface area contributed by atoms with Gasteiger partial charge in [-0.1, -0.05) is 43.2 Å². The molecule has 0 aromatic heterocycles. The molecule has 1 heterocycles. The first-order valence-electron chi connectivity index (χ1n) is 7.57. The maximum atomic E-state index is 9.46. The Balaban J connectivity index is 1.69. The molecule has 0 amide bonds. The quantitative estimate of drug-likeness (QED) is 0.824. The molecule has 1 aromatic rings. The van der Waals surface area contributed by atoms with E-state index in [0.29, 0.717) is 0 Å². The average Bonchev–Trinajstić information content (AvgIpc) is 2.89. The van der Waals surface area contributed by atoms with E-state index in [1.54, 1.807) is 0 Å². The van der Waals surface area contributed by atoms with E-state index in [0.717, 1.165) is 18.5 Å². The predicted molar refractivity (Wildman–Crippen MR) is 76.7 cm³/mol. The highest BCUT2D eigenvalue weighted by atomic mass is 15.2. The Morgan fingerprint density at radius 1 is 1.16 bits per heavy atom. The van der Waals surface area contributed by atoms with Crippen molar-refractivity contribution in [3.63, 3.8) is 0 Å². The standard InChI is InChI=1S/C17H22N2/c18-12-16(14-6-2-1-3-7-14)13-19-11-10-15-8-4-5-9-17(15)19/h1-3,6-7,15-17H,4-5,8-11,13H2. The van der Waals surface area contributed by atoms with E-state index in [9.17, 15) is 5.26 Å². The molecular formula is C17H22N2. The van der Waals surface area contributed by atoms with Gasteiger partial charge in [-0.3, -0.25) is 4.90 Å². The summed E-state index contributed by atoms with van der Waals surface area (Å²) in [5.74, 6) is 0.936. The summed E-state index contributed by atoms with van der Waals surface area (Å²) in [6.07, 6.45) is 6.88. The lowest BCUT2D eigenvalue weighted by Gasteiger charge is -2.32. The monoisotopic (exact) mass is 254 g/mol. The van der Waals surface area contributed by atoms with Gasteiger partial charge in [0.2, 0.25) is 0 Å². The predicted octanol–water partition coefficient (Wildman–Crippen LogP) is 3.56. The third kappa shape index (κ3) is 2.67. The van der Waals surface area contributed by atoms with Crippen molar-refractivity contribution in [2.45, 2.75) is 44.1 Å². The number of hydrogen-bond acceptors (Lipinski definition) is 2. The SMILES string of the molecule is N#CC(CN1CCC2CCCCC21)c1ccccc1. The first kappa shape index (κ1) is 12.7. The van der Waals surface area contributed by atoms with Gasteiger partial charge in [0.25, 0.3) is 0 Å². The Morgan fingerprint density at radius 3 is 2.74 bits per heavy atom. The van der Waals surface area contributed by atoms with Gasteiger partial charge in [-0.15, -0.1) is 0 Å². The number of nitriles is 1. The van der Waals surface area contributed by atoms with Crippen LogP contribution in [0.5, 0.6) is 0 Å². The summed E-state index contributed by atoms with van der Waals surface area (Å²) < 4.78 is 0. The first-order chi connectivity index (χ1) is 9.38. The second-order valence-corrected chi connectivity index (χ2v) is 5.99. The minimum atomic E-state index is 0.0295. The highest BCUT2D eigenvalue weighted by Crippen LogP contribution is 2.37. The molecule has 1 saturated heterocycles. The zero-order valence-corrected chi connectivity index (χ0v) is 11.5. The van der Waals surface area contributed by atoms with Gasteiger partial charge < -0.3 is 0 Å². The third-order valence-corrected chi connectivity index (χ3v) is 4.90. The van der Waals surface area contributed by atoms with E-state index in [1.807, 2.05) is 18.2 Å². The van der Waals surface area contributed by atoms with Gasteiger partial charge in [0, 0.05) is 12.6 Å². The van der Waals surface area contributed by atoms with Crippen molar-refractivity contribution in [3.8, 4) is 6.07 Å². The van der Waals surface area contributed by atoms with Crippen LogP contribution in [0.1, 0.15) is 43.6 Å². The fourth-order valence-electron chi connectivity index (χ4n) is 3.87. The molecule has 3 rings (SSSR count). The van der Waals surface area contributed by atoms with Gasteiger partial charge in [-0.25, -0.2) is 0 Å². The molecule has 2 fully saturated rings. The molecular weight excluding hydrogens is 232 g/mol. The summed E-state index contributed by atoms with van der Waals surface area (Å²) >= 11 is 0. The number of fused-ring (bicyclic) bond motifs is 1. The van der Waals surface area contributed by atoms with Crippen LogP contribution in [0.4, 0.5) is 0 Å². The molecule has 0 N–H and O–H groups in total. The van der Waals surface area contributed by atoms with E-state index in [-0.39, 0.29) is 5.92 Å². The van der Waals surface area contributed by atoms with Gasteiger partial charge in [-0.2, -0.15) is 5.26 Å². The molecule has 1 aromatic carbocycles. The summed E-state index contributed by atoms with van der Waals surface area (Å²) in [7, 11) is 0. The summed E-state index contributed by atoms with van der Waals surface area (Å²) in [5, 5.41) is 9.46. The Kier molecular flexibility index (Phi) is 3.84. The Bertz CT molecular complexity index is 448. The number of benzene rings is 1. The molecule has 1 aliphatic carbocycles. The second kappa shape index (κ2) is 5.75. The lowest BCUT2D eigenvalue weighted by Crippen LogP contribution is -2.37. The third-order valence-electron chi connectivity index (χ3n) is 4.90. The van der Waals surface area contributed by atoms with Gasteiger partial charge in [0.05, 0.1) is 12.0 Å². The van der Waals surface area contributed by atoms with Gasteiger partial charge >= 0.3 is 0 Å². The van der Waals surface area contributed by atoms with Crippen LogP contribution in [-0.4, -0.2) is 24.0 Å². The molecule has 2 heteroatoms. The van der Waals surface area contributed by atoms with E-state index in [1.165, 1.54) is 44.2 Å². The highest BCUT2D eigenvalue weighted by Gasteiger charge is 2.36. The van der Waals surface area contributed by atoms with Crippen molar-refractivity contribution >= 4 is 0 Å². The first-order valence-corrected chi connectivity index (χ1v) is 7.57. The Morgan fingerprint density at radius 2 is 1.95 bits per heavy atom. The zero-order chi connectivity index (χ0) is 13.1. The molecule has 100 valence electrons. The molecule has 2 aliphatic rings. The maximum absolute atomic E-state index is 9.46. The molecule has 3 atom stereocenters. The molecule has 0 bridgehead atoms. The molecule has 1 saturated carbocycles. The summed E-state index contributed by atoms with van der Waals surface area (Å²) in [6, 6.07) is 13.5. The average molecular weight is 254 g/mol. The minimum Gasteiger partial charge on any atom is -0.298 e. The maximum Gasteiger partial charge on any atom is 0.0839 e. The number of hydrogen-bond donors (Lipinski definition) is 0. The van der Waals surface area contributed by atoms with Gasteiger partial charge in [0.15, 0.2) is 0 Å². The number of nitrogens with zero attached hydrogens (tertiary/aromatic N) is 2. The molecule has 3 unspecified atom stereocenters. The normalized spacial score (nSPS) is 28.6. The smallest absolute Gasteiger partial charge is 0.0839 e. The van der Waals surface area contributed by atoms with Crippen molar-refractivity contribution in [2.75, 3.05) is 13.1 Å². The summed E-state index contributed by atoms with van der Waals surface area (Å²) in [6.45, 7) is 2.11. The lowest BCUT2D eigenvalue weighted by molar-refractivity contribution is 0.180.